The third-order valence-electron chi connectivity index (χ3n) is 5.62. The lowest BCUT2D eigenvalue weighted by Gasteiger charge is -2.12. The molecule has 3 aromatic heterocycles. The molecule has 1 aliphatic carbocycles. The predicted octanol–water partition coefficient (Wildman–Crippen LogP) is 3.49. The first-order valence-electron chi connectivity index (χ1n) is 11.0. The molecule has 9 heteroatoms. The van der Waals surface area contributed by atoms with Crippen molar-refractivity contribution in [2.24, 2.45) is 13.0 Å². The average Bonchev–Trinajstić information content (AvgIpc) is 3.46. The quantitative estimate of drug-likeness (QED) is 0.404. The Morgan fingerprint density at radius 1 is 1.32 bits per heavy atom. The Kier molecular flexibility index (Phi) is 6.31. The van der Waals surface area contributed by atoms with E-state index < -0.39 is 0 Å². The van der Waals surface area contributed by atoms with Gasteiger partial charge in [0.1, 0.15) is 5.82 Å². The van der Waals surface area contributed by atoms with Crippen LogP contribution in [0.5, 0.6) is 0 Å². The summed E-state index contributed by atoms with van der Waals surface area (Å²) in [5, 5.41) is 18.1. The molecular formula is C22H31N7OS. The minimum absolute atomic E-state index is 0.0566. The maximum Gasteiger partial charge on any atom is 0.252 e. The summed E-state index contributed by atoms with van der Waals surface area (Å²) in [6, 6.07) is 1.97. The van der Waals surface area contributed by atoms with E-state index in [0.717, 1.165) is 65.6 Å². The van der Waals surface area contributed by atoms with Crippen LogP contribution in [0.15, 0.2) is 11.2 Å². The minimum atomic E-state index is -0.0566. The summed E-state index contributed by atoms with van der Waals surface area (Å²) in [5.74, 6) is 1.93. The molecule has 4 rings (SSSR count). The number of fused-ring (bicyclic) bond motifs is 1. The van der Waals surface area contributed by atoms with Gasteiger partial charge in [0, 0.05) is 38.2 Å². The molecule has 1 fully saturated rings. The Morgan fingerprint density at radius 3 is 2.77 bits per heavy atom. The van der Waals surface area contributed by atoms with Crippen LogP contribution in [0.4, 0.5) is 0 Å². The lowest BCUT2D eigenvalue weighted by Crippen LogP contribution is -2.25. The van der Waals surface area contributed by atoms with E-state index in [4.69, 9.17) is 4.98 Å². The second kappa shape index (κ2) is 8.98. The van der Waals surface area contributed by atoms with Crippen LogP contribution in [0.3, 0.4) is 0 Å². The number of aryl methyl sites for hydroxylation is 3. The molecule has 0 radical (unpaired) electrons. The fraction of sp³-hybridized carbons (Fsp3) is 0.591. The van der Waals surface area contributed by atoms with Crippen molar-refractivity contribution < 1.29 is 4.79 Å². The third kappa shape index (κ3) is 4.61. The van der Waals surface area contributed by atoms with Crippen LogP contribution in [0.25, 0.3) is 11.0 Å². The summed E-state index contributed by atoms with van der Waals surface area (Å²) in [6.07, 6.45) is 5.91. The van der Waals surface area contributed by atoms with Gasteiger partial charge in [0.25, 0.3) is 5.91 Å². The standard InChI is InChI=1S/C22H31N7OS/c1-13(2)12-29-18(25-26-22(29)31-5)7-6-10-23-21(30)16-11-17(15-8-9-15)24-20-19(16)14(3)27-28(20)4/h11,13,15H,6-10,12H2,1-5H3,(H,23,30). The summed E-state index contributed by atoms with van der Waals surface area (Å²) >= 11 is 1.62. The van der Waals surface area contributed by atoms with Crippen molar-refractivity contribution in [3.63, 3.8) is 0 Å². The van der Waals surface area contributed by atoms with Crippen molar-refractivity contribution in [3.8, 4) is 0 Å². The maximum absolute atomic E-state index is 13.1. The molecule has 0 spiro atoms. The summed E-state index contributed by atoms with van der Waals surface area (Å²) in [4.78, 5) is 17.9. The second-order valence-electron chi connectivity index (χ2n) is 8.74. The first-order valence-corrected chi connectivity index (χ1v) is 12.2. The zero-order valence-electron chi connectivity index (χ0n) is 19.0. The molecule has 166 valence electrons. The van der Waals surface area contributed by atoms with E-state index >= 15 is 0 Å². The zero-order chi connectivity index (χ0) is 22.1. The number of pyridine rings is 1. The van der Waals surface area contributed by atoms with E-state index in [0.29, 0.717) is 23.9 Å². The molecule has 1 N–H and O–H groups in total. The van der Waals surface area contributed by atoms with Crippen LogP contribution in [-0.2, 0) is 20.0 Å². The van der Waals surface area contributed by atoms with Crippen molar-refractivity contribution in [2.75, 3.05) is 12.8 Å². The number of rotatable bonds is 9. The van der Waals surface area contributed by atoms with Gasteiger partial charge in [0.2, 0.25) is 0 Å². The summed E-state index contributed by atoms with van der Waals surface area (Å²) in [7, 11) is 1.89. The summed E-state index contributed by atoms with van der Waals surface area (Å²) < 4.78 is 3.97. The average molecular weight is 442 g/mol. The molecule has 8 nitrogen and oxygen atoms in total. The molecule has 0 aliphatic heterocycles. The van der Waals surface area contributed by atoms with Crippen molar-refractivity contribution in [2.45, 2.75) is 64.1 Å². The highest BCUT2D eigenvalue weighted by atomic mass is 32.2. The van der Waals surface area contributed by atoms with E-state index in [1.54, 1.807) is 16.4 Å². The SMILES string of the molecule is CSc1nnc(CCCNC(=O)c2cc(C3CC3)nc3c2c(C)nn3C)n1CC(C)C. The zero-order valence-corrected chi connectivity index (χ0v) is 19.8. The van der Waals surface area contributed by atoms with Crippen molar-refractivity contribution in [1.82, 2.24) is 34.8 Å². The highest BCUT2D eigenvalue weighted by Crippen LogP contribution is 2.40. The van der Waals surface area contributed by atoms with Crippen molar-refractivity contribution in [3.05, 3.63) is 28.8 Å². The first kappa shape index (κ1) is 21.8. The van der Waals surface area contributed by atoms with Crippen LogP contribution >= 0.6 is 11.8 Å². The van der Waals surface area contributed by atoms with Crippen LogP contribution in [0.1, 0.15) is 66.6 Å². The van der Waals surface area contributed by atoms with Gasteiger partial charge in [0.05, 0.1) is 16.6 Å². The molecule has 1 aliphatic rings. The number of nitrogens with zero attached hydrogens (tertiary/aromatic N) is 6. The van der Waals surface area contributed by atoms with Crippen LogP contribution in [-0.4, -0.2) is 48.2 Å². The molecule has 0 aromatic carbocycles. The largest absolute Gasteiger partial charge is 0.352 e. The third-order valence-corrected chi connectivity index (χ3v) is 6.28. The number of thioether (sulfide) groups is 1. The smallest absolute Gasteiger partial charge is 0.252 e. The molecule has 0 bridgehead atoms. The summed E-state index contributed by atoms with van der Waals surface area (Å²) in [6.45, 7) is 7.82. The van der Waals surface area contributed by atoms with Gasteiger partial charge in [-0.2, -0.15) is 5.10 Å². The van der Waals surface area contributed by atoms with Crippen molar-refractivity contribution in [1.29, 1.82) is 0 Å². The van der Waals surface area contributed by atoms with Gasteiger partial charge >= 0.3 is 0 Å². The molecule has 3 aromatic rings. The van der Waals surface area contributed by atoms with Crippen molar-refractivity contribution >= 4 is 28.7 Å². The fourth-order valence-electron chi connectivity index (χ4n) is 3.98. The Labute approximate surface area is 187 Å². The number of amides is 1. The van der Waals surface area contributed by atoms with E-state index in [-0.39, 0.29) is 5.91 Å². The van der Waals surface area contributed by atoms with Gasteiger partial charge in [0.15, 0.2) is 10.8 Å². The maximum atomic E-state index is 13.1. The van der Waals surface area contributed by atoms with E-state index in [2.05, 4.69) is 39.0 Å². The van der Waals surface area contributed by atoms with Crippen LogP contribution in [0.2, 0.25) is 0 Å². The molecule has 0 saturated heterocycles. The number of carbonyl (C=O) groups is 1. The highest BCUT2D eigenvalue weighted by Gasteiger charge is 2.28. The van der Waals surface area contributed by atoms with Crippen LogP contribution in [0, 0.1) is 12.8 Å². The van der Waals surface area contributed by atoms with Gasteiger partial charge in [-0.1, -0.05) is 25.6 Å². The number of hydrogen-bond donors (Lipinski definition) is 1. The molecule has 0 unspecified atom stereocenters. The minimum Gasteiger partial charge on any atom is -0.352 e. The molecular weight excluding hydrogens is 410 g/mol. The van der Waals surface area contributed by atoms with Gasteiger partial charge < -0.3 is 9.88 Å². The monoisotopic (exact) mass is 441 g/mol. The number of nitrogens with one attached hydrogen (secondary N) is 1. The van der Waals surface area contributed by atoms with Gasteiger partial charge in [-0.05, 0) is 44.4 Å². The Hall–Kier alpha value is -2.42. The second-order valence-corrected chi connectivity index (χ2v) is 9.52. The molecule has 31 heavy (non-hydrogen) atoms. The Bertz CT molecular complexity index is 1100. The molecule has 1 amide bonds. The number of carbonyl (C=O) groups excluding carboxylic acids is 1. The number of hydrogen-bond acceptors (Lipinski definition) is 6. The van der Waals surface area contributed by atoms with Crippen LogP contribution < -0.4 is 5.32 Å². The lowest BCUT2D eigenvalue weighted by atomic mass is 10.1. The fourth-order valence-corrected chi connectivity index (χ4v) is 4.50. The topological polar surface area (TPSA) is 90.5 Å². The normalized spacial score (nSPS) is 14.0. The lowest BCUT2D eigenvalue weighted by molar-refractivity contribution is 0.0954. The predicted molar refractivity (Wildman–Crippen MR) is 123 cm³/mol. The highest BCUT2D eigenvalue weighted by molar-refractivity contribution is 7.98. The van der Waals surface area contributed by atoms with Gasteiger partial charge in [-0.15, -0.1) is 10.2 Å². The number of aromatic nitrogens is 6. The van der Waals surface area contributed by atoms with Gasteiger partial charge in [-0.3, -0.25) is 9.48 Å². The van der Waals surface area contributed by atoms with E-state index in [1.807, 2.05) is 26.3 Å². The van der Waals surface area contributed by atoms with E-state index in [1.165, 1.54) is 0 Å². The summed E-state index contributed by atoms with van der Waals surface area (Å²) in [5.41, 5.74) is 3.32. The van der Waals surface area contributed by atoms with Gasteiger partial charge in [-0.25, -0.2) is 4.98 Å². The Balaban J connectivity index is 1.44. The molecule has 1 saturated carbocycles. The molecule has 0 atom stereocenters. The molecule has 3 heterocycles. The first-order chi connectivity index (χ1) is 14.9. The van der Waals surface area contributed by atoms with E-state index in [9.17, 15) is 4.79 Å². The Morgan fingerprint density at radius 2 is 2.10 bits per heavy atom.